The molecule has 0 bridgehead atoms. The SMILES string of the molecule is CC(C)C(C)CN1C(=O)C2(CCCC2)NC1c1ccsc1. The summed E-state index contributed by atoms with van der Waals surface area (Å²) in [5, 5.41) is 7.97. The van der Waals surface area contributed by atoms with Crippen LogP contribution in [-0.2, 0) is 4.79 Å². The standard InChI is InChI=1S/C17H26N2OS/c1-12(2)13(3)10-19-15(14-6-9-21-11-14)18-17(16(19)20)7-4-5-8-17/h6,9,11-13,15,18H,4-5,7-8,10H2,1-3H3. The lowest BCUT2D eigenvalue weighted by Crippen LogP contribution is -2.44. The lowest BCUT2D eigenvalue weighted by Gasteiger charge is -2.28. The van der Waals surface area contributed by atoms with Gasteiger partial charge in [-0.1, -0.05) is 33.6 Å². The van der Waals surface area contributed by atoms with Gasteiger partial charge in [-0.2, -0.15) is 11.3 Å². The molecule has 3 rings (SSSR count). The van der Waals surface area contributed by atoms with E-state index in [1.54, 1.807) is 11.3 Å². The van der Waals surface area contributed by atoms with E-state index < -0.39 is 0 Å². The van der Waals surface area contributed by atoms with E-state index >= 15 is 0 Å². The van der Waals surface area contributed by atoms with Gasteiger partial charge < -0.3 is 4.90 Å². The summed E-state index contributed by atoms with van der Waals surface area (Å²) in [5.74, 6) is 1.46. The Hall–Kier alpha value is -0.870. The summed E-state index contributed by atoms with van der Waals surface area (Å²) in [7, 11) is 0. The minimum Gasteiger partial charge on any atom is -0.321 e. The molecule has 116 valence electrons. The van der Waals surface area contributed by atoms with Crippen molar-refractivity contribution in [3.63, 3.8) is 0 Å². The molecule has 1 amide bonds. The molecular formula is C17H26N2OS. The highest BCUT2D eigenvalue weighted by atomic mass is 32.1. The van der Waals surface area contributed by atoms with Crippen molar-refractivity contribution in [1.29, 1.82) is 0 Å². The molecule has 1 saturated heterocycles. The first kappa shape index (κ1) is 15.0. The number of rotatable bonds is 4. The van der Waals surface area contributed by atoms with E-state index in [0.717, 1.165) is 19.4 Å². The minimum absolute atomic E-state index is 0.0723. The topological polar surface area (TPSA) is 32.3 Å². The molecule has 2 fully saturated rings. The van der Waals surface area contributed by atoms with Crippen LogP contribution in [0, 0.1) is 11.8 Å². The number of amides is 1. The second-order valence-corrected chi connectivity index (χ2v) is 7.85. The number of nitrogens with one attached hydrogen (secondary N) is 1. The molecule has 1 saturated carbocycles. The first-order valence-electron chi connectivity index (χ1n) is 8.14. The fourth-order valence-corrected chi connectivity index (χ4v) is 4.21. The lowest BCUT2D eigenvalue weighted by atomic mass is 9.95. The van der Waals surface area contributed by atoms with Gasteiger partial charge in [0, 0.05) is 6.54 Å². The second-order valence-electron chi connectivity index (χ2n) is 7.07. The van der Waals surface area contributed by atoms with Crippen molar-refractivity contribution in [2.24, 2.45) is 11.8 Å². The fraction of sp³-hybridized carbons (Fsp3) is 0.706. The Morgan fingerprint density at radius 1 is 1.38 bits per heavy atom. The van der Waals surface area contributed by atoms with E-state index in [0.29, 0.717) is 17.7 Å². The maximum absolute atomic E-state index is 13.1. The number of carbonyl (C=O) groups excluding carboxylic acids is 1. The lowest BCUT2D eigenvalue weighted by molar-refractivity contribution is -0.134. The predicted molar refractivity (Wildman–Crippen MR) is 87.1 cm³/mol. The third kappa shape index (κ3) is 2.64. The summed E-state index contributed by atoms with van der Waals surface area (Å²) in [6.07, 6.45) is 4.41. The molecule has 1 aromatic rings. The van der Waals surface area contributed by atoms with Gasteiger partial charge >= 0.3 is 0 Å². The molecule has 2 heterocycles. The maximum Gasteiger partial charge on any atom is 0.244 e. The quantitative estimate of drug-likeness (QED) is 0.918. The molecule has 0 radical (unpaired) electrons. The number of hydrogen-bond acceptors (Lipinski definition) is 3. The zero-order valence-electron chi connectivity index (χ0n) is 13.3. The summed E-state index contributed by atoms with van der Waals surface area (Å²) in [6.45, 7) is 7.58. The third-order valence-corrected chi connectivity index (χ3v) is 6.04. The van der Waals surface area contributed by atoms with Gasteiger partial charge in [0.15, 0.2) is 0 Å². The van der Waals surface area contributed by atoms with Crippen LogP contribution in [0.3, 0.4) is 0 Å². The van der Waals surface area contributed by atoms with Crippen LogP contribution in [0.4, 0.5) is 0 Å². The fourth-order valence-electron chi connectivity index (χ4n) is 3.53. The molecule has 1 aliphatic heterocycles. The van der Waals surface area contributed by atoms with Crippen LogP contribution in [0.1, 0.15) is 58.2 Å². The van der Waals surface area contributed by atoms with Crippen molar-refractivity contribution in [3.05, 3.63) is 22.4 Å². The zero-order chi connectivity index (χ0) is 15.0. The molecule has 0 aromatic carbocycles. The van der Waals surface area contributed by atoms with Crippen molar-refractivity contribution >= 4 is 17.2 Å². The van der Waals surface area contributed by atoms with E-state index in [9.17, 15) is 4.79 Å². The molecule has 4 heteroatoms. The maximum atomic E-state index is 13.1. The minimum atomic E-state index is -0.275. The van der Waals surface area contributed by atoms with Gasteiger partial charge in [-0.3, -0.25) is 10.1 Å². The highest BCUT2D eigenvalue weighted by molar-refractivity contribution is 7.07. The van der Waals surface area contributed by atoms with Crippen LogP contribution in [-0.4, -0.2) is 22.9 Å². The van der Waals surface area contributed by atoms with Gasteiger partial charge in [0.25, 0.3) is 0 Å². The molecule has 3 nitrogen and oxygen atoms in total. The van der Waals surface area contributed by atoms with Gasteiger partial charge in [-0.15, -0.1) is 0 Å². The highest BCUT2D eigenvalue weighted by Crippen LogP contribution is 2.41. The molecular weight excluding hydrogens is 280 g/mol. The van der Waals surface area contributed by atoms with Crippen LogP contribution in [0.15, 0.2) is 16.8 Å². The molecule has 1 spiro atoms. The number of hydrogen-bond donors (Lipinski definition) is 1. The molecule has 1 aromatic heterocycles. The number of nitrogens with zero attached hydrogens (tertiary/aromatic N) is 1. The molecule has 2 aliphatic rings. The Bertz CT molecular complexity index is 491. The van der Waals surface area contributed by atoms with Crippen molar-refractivity contribution < 1.29 is 4.79 Å². The Kier molecular flexibility index (Phi) is 4.10. The summed E-state index contributed by atoms with van der Waals surface area (Å²) in [4.78, 5) is 15.2. The van der Waals surface area contributed by atoms with E-state index in [2.05, 4.69) is 47.8 Å². The van der Waals surface area contributed by atoms with Crippen LogP contribution in [0.2, 0.25) is 0 Å². The van der Waals surface area contributed by atoms with Crippen LogP contribution >= 0.6 is 11.3 Å². The number of thiophene rings is 1. The Morgan fingerprint density at radius 3 is 2.67 bits per heavy atom. The smallest absolute Gasteiger partial charge is 0.244 e. The van der Waals surface area contributed by atoms with E-state index in [-0.39, 0.29) is 11.7 Å². The van der Waals surface area contributed by atoms with Crippen molar-refractivity contribution in [2.75, 3.05) is 6.54 Å². The van der Waals surface area contributed by atoms with Crippen LogP contribution in [0.5, 0.6) is 0 Å². The normalized spacial score (nSPS) is 26.2. The predicted octanol–water partition coefficient (Wildman–Crippen LogP) is 3.78. The van der Waals surface area contributed by atoms with Crippen LogP contribution < -0.4 is 5.32 Å². The first-order valence-corrected chi connectivity index (χ1v) is 9.09. The largest absolute Gasteiger partial charge is 0.321 e. The monoisotopic (exact) mass is 306 g/mol. The summed E-state index contributed by atoms with van der Waals surface area (Å²) in [5.41, 5.74) is 0.969. The second kappa shape index (κ2) is 5.73. The molecule has 1 aliphatic carbocycles. The van der Waals surface area contributed by atoms with E-state index in [1.807, 2.05) is 0 Å². The summed E-state index contributed by atoms with van der Waals surface area (Å²) >= 11 is 1.71. The molecule has 2 unspecified atom stereocenters. The molecule has 21 heavy (non-hydrogen) atoms. The van der Waals surface area contributed by atoms with Gasteiger partial charge in [-0.05, 0) is 47.1 Å². The van der Waals surface area contributed by atoms with Crippen molar-refractivity contribution in [3.8, 4) is 0 Å². The molecule has 1 N–H and O–H groups in total. The van der Waals surface area contributed by atoms with Gasteiger partial charge in [0.2, 0.25) is 5.91 Å². The molecule has 2 atom stereocenters. The van der Waals surface area contributed by atoms with Gasteiger partial charge in [0.1, 0.15) is 6.17 Å². The van der Waals surface area contributed by atoms with Crippen molar-refractivity contribution in [2.45, 2.75) is 58.2 Å². The Balaban J connectivity index is 1.87. The van der Waals surface area contributed by atoms with E-state index in [4.69, 9.17) is 0 Å². The van der Waals surface area contributed by atoms with Gasteiger partial charge in [0.05, 0.1) is 5.54 Å². The third-order valence-electron chi connectivity index (χ3n) is 5.33. The van der Waals surface area contributed by atoms with E-state index in [1.165, 1.54) is 18.4 Å². The zero-order valence-corrected chi connectivity index (χ0v) is 14.1. The highest BCUT2D eigenvalue weighted by Gasteiger charge is 2.52. The Labute approximate surface area is 131 Å². The average Bonchev–Trinajstić information content (AvgIpc) is 3.16. The summed E-state index contributed by atoms with van der Waals surface area (Å²) in [6, 6.07) is 2.15. The summed E-state index contributed by atoms with van der Waals surface area (Å²) < 4.78 is 0. The van der Waals surface area contributed by atoms with Crippen molar-refractivity contribution in [1.82, 2.24) is 10.2 Å². The number of carbonyl (C=O) groups is 1. The average molecular weight is 306 g/mol. The first-order chi connectivity index (χ1) is 10.0. The van der Waals surface area contributed by atoms with Crippen LogP contribution in [0.25, 0.3) is 0 Å². The Morgan fingerprint density at radius 2 is 2.10 bits per heavy atom. The van der Waals surface area contributed by atoms with Gasteiger partial charge in [-0.25, -0.2) is 0 Å².